The number of ether oxygens (including phenoxy) is 1. The molecule has 0 unspecified atom stereocenters. The van der Waals surface area contributed by atoms with Crippen LogP contribution in [0.4, 0.5) is 0 Å². The summed E-state index contributed by atoms with van der Waals surface area (Å²) >= 11 is 3.48. The largest absolute Gasteiger partial charge is 0.489 e. The van der Waals surface area contributed by atoms with E-state index in [0.717, 1.165) is 35.3 Å². The van der Waals surface area contributed by atoms with Gasteiger partial charge in [-0.15, -0.1) is 0 Å². The van der Waals surface area contributed by atoms with Gasteiger partial charge in [0.25, 0.3) is 0 Å². The number of rotatable bonds is 7. The number of hydrogen-bond donors (Lipinski definition) is 1. The molecule has 0 saturated carbocycles. The Morgan fingerprint density at radius 3 is 2.71 bits per heavy atom. The molecular formula is C18H22BrNO. The number of nitrogens with one attached hydrogen (secondary N) is 1. The minimum atomic E-state index is 0.596. The molecule has 0 heterocycles. The molecule has 0 spiro atoms. The fourth-order valence-electron chi connectivity index (χ4n) is 2.13. The van der Waals surface area contributed by atoms with E-state index in [-0.39, 0.29) is 0 Å². The summed E-state index contributed by atoms with van der Waals surface area (Å²) in [7, 11) is 0. The van der Waals surface area contributed by atoms with Crippen LogP contribution in [0.15, 0.2) is 46.9 Å². The highest BCUT2D eigenvalue weighted by Gasteiger charge is 2.02. The number of halogens is 1. The first kappa shape index (κ1) is 16.1. The molecule has 0 aliphatic heterocycles. The highest BCUT2D eigenvalue weighted by atomic mass is 79.9. The Hall–Kier alpha value is -1.32. The fourth-order valence-corrected chi connectivity index (χ4v) is 2.47. The molecular weight excluding hydrogens is 326 g/mol. The van der Waals surface area contributed by atoms with E-state index < -0.39 is 0 Å². The van der Waals surface area contributed by atoms with Gasteiger partial charge in [0.1, 0.15) is 12.4 Å². The summed E-state index contributed by atoms with van der Waals surface area (Å²) in [6.45, 7) is 6.80. The molecule has 0 aromatic heterocycles. The summed E-state index contributed by atoms with van der Waals surface area (Å²) in [5.41, 5.74) is 3.65. The lowest BCUT2D eigenvalue weighted by atomic mass is 10.1. The third kappa shape index (κ3) is 5.18. The third-order valence-electron chi connectivity index (χ3n) is 3.29. The van der Waals surface area contributed by atoms with E-state index in [2.05, 4.69) is 65.4 Å². The second kappa shape index (κ2) is 8.20. The lowest BCUT2D eigenvalue weighted by molar-refractivity contribution is 0.304. The summed E-state index contributed by atoms with van der Waals surface area (Å²) in [6.07, 6.45) is 1.16. The second-order valence-corrected chi connectivity index (χ2v) is 6.11. The molecule has 0 bridgehead atoms. The minimum absolute atomic E-state index is 0.596. The van der Waals surface area contributed by atoms with Crippen molar-refractivity contribution < 1.29 is 4.74 Å². The van der Waals surface area contributed by atoms with Crippen LogP contribution >= 0.6 is 15.9 Å². The summed E-state index contributed by atoms with van der Waals surface area (Å²) in [4.78, 5) is 0. The first-order chi connectivity index (χ1) is 10.2. The van der Waals surface area contributed by atoms with Crippen LogP contribution < -0.4 is 10.1 Å². The molecule has 0 aliphatic rings. The molecule has 21 heavy (non-hydrogen) atoms. The Morgan fingerprint density at radius 2 is 1.90 bits per heavy atom. The SMILES string of the molecule is CCCNCc1cccc(COc2cc(Br)ccc2C)c1. The van der Waals surface area contributed by atoms with Crippen LogP contribution in [-0.4, -0.2) is 6.54 Å². The zero-order chi connectivity index (χ0) is 15.1. The molecule has 2 rings (SSSR count). The Balaban J connectivity index is 1.96. The smallest absolute Gasteiger partial charge is 0.123 e. The molecule has 2 aromatic rings. The van der Waals surface area contributed by atoms with E-state index in [9.17, 15) is 0 Å². The maximum Gasteiger partial charge on any atom is 0.123 e. The van der Waals surface area contributed by atoms with Gasteiger partial charge in [0.15, 0.2) is 0 Å². The average molecular weight is 348 g/mol. The Bertz CT molecular complexity index is 583. The molecule has 0 radical (unpaired) electrons. The average Bonchev–Trinajstić information content (AvgIpc) is 2.49. The highest BCUT2D eigenvalue weighted by Crippen LogP contribution is 2.23. The molecule has 0 aliphatic carbocycles. The number of benzene rings is 2. The van der Waals surface area contributed by atoms with Crippen molar-refractivity contribution in [1.82, 2.24) is 5.32 Å². The van der Waals surface area contributed by atoms with Gasteiger partial charge in [-0.2, -0.15) is 0 Å². The van der Waals surface area contributed by atoms with Crippen LogP contribution in [0, 0.1) is 6.92 Å². The Kier molecular flexibility index (Phi) is 6.27. The molecule has 112 valence electrons. The molecule has 2 aromatic carbocycles. The summed E-state index contributed by atoms with van der Waals surface area (Å²) in [5, 5.41) is 3.42. The first-order valence-corrected chi connectivity index (χ1v) is 8.16. The van der Waals surface area contributed by atoms with Gasteiger partial charge < -0.3 is 10.1 Å². The monoisotopic (exact) mass is 347 g/mol. The van der Waals surface area contributed by atoms with Crippen molar-refractivity contribution in [3.63, 3.8) is 0 Å². The third-order valence-corrected chi connectivity index (χ3v) is 3.79. The van der Waals surface area contributed by atoms with E-state index in [1.807, 2.05) is 12.1 Å². The van der Waals surface area contributed by atoms with Crippen molar-refractivity contribution in [3.05, 3.63) is 63.6 Å². The summed E-state index contributed by atoms with van der Waals surface area (Å²) < 4.78 is 6.98. The van der Waals surface area contributed by atoms with E-state index in [1.54, 1.807) is 0 Å². The van der Waals surface area contributed by atoms with Gasteiger partial charge in [-0.3, -0.25) is 0 Å². The van der Waals surface area contributed by atoms with Crippen molar-refractivity contribution >= 4 is 15.9 Å². The van der Waals surface area contributed by atoms with Crippen molar-refractivity contribution in [3.8, 4) is 5.75 Å². The van der Waals surface area contributed by atoms with Crippen LogP contribution in [0.1, 0.15) is 30.0 Å². The van der Waals surface area contributed by atoms with Crippen molar-refractivity contribution in [2.45, 2.75) is 33.4 Å². The van der Waals surface area contributed by atoms with Crippen LogP contribution in [0.25, 0.3) is 0 Å². The van der Waals surface area contributed by atoms with Gasteiger partial charge in [0, 0.05) is 11.0 Å². The van der Waals surface area contributed by atoms with Crippen LogP contribution in [0.2, 0.25) is 0 Å². The molecule has 0 fully saturated rings. The predicted molar refractivity (Wildman–Crippen MR) is 91.7 cm³/mol. The molecule has 0 saturated heterocycles. The normalized spacial score (nSPS) is 10.6. The highest BCUT2D eigenvalue weighted by molar-refractivity contribution is 9.10. The number of aryl methyl sites for hydroxylation is 1. The van der Waals surface area contributed by atoms with E-state index in [0.29, 0.717) is 6.61 Å². The van der Waals surface area contributed by atoms with Gasteiger partial charge in [-0.25, -0.2) is 0 Å². The lowest BCUT2D eigenvalue weighted by Crippen LogP contribution is -2.13. The Morgan fingerprint density at radius 1 is 1.10 bits per heavy atom. The van der Waals surface area contributed by atoms with Crippen LogP contribution in [0.3, 0.4) is 0 Å². The molecule has 0 atom stereocenters. The number of hydrogen-bond acceptors (Lipinski definition) is 2. The van der Waals surface area contributed by atoms with E-state index in [1.165, 1.54) is 11.1 Å². The van der Waals surface area contributed by atoms with Crippen LogP contribution in [-0.2, 0) is 13.2 Å². The minimum Gasteiger partial charge on any atom is -0.489 e. The summed E-state index contributed by atoms with van der Waals surface area (Å²) in [5.74, 6) is 0.930. The molecule has 1 N–H and O–H groups in total. The zero-order valence-corrected chi connectivity index (χ0v) is 14.2. The molecule has 2 nitrogen and oxygen atoms in total. The van der Waals surface area contributed by atoms with E-state index in [4.69, 9.17) is 4.74 Å². The predicted octanol–water partition coefficient (Wildman–Crippen LogP) is 4.84. The topological polar surface area (TPSA) is 21.3 Å². The van der Waals surface area contributed by atoms with Crippen molar-refractivity contribution in [2.24, 2.45) is 0 Å². The molecule has 3 heteroatoms. The fraction of sp³-hybridized carbons (Fsp3) is 0.333. The van der Waals surface area contributed by atoms with Crippen molar-refractivity contribution in [2.75, 3.05) is 6.54 Å². The standard InChI is InChI=1S/C18H22BrNO/c1-3-9-20-12-15-5-4-6-16(10-15)13-21-18-11-17(19)8-7-14(18)2/h4-8,10-11,20H,3,9,12-13H2,1-2H3. The Labute approximate surface area is 135 Å². The van der Waals surface area contributed by atoms with Gasteiger partial charge >= 0.3 is 0 Å². The summed E-state index contributed by atoms with van der Waals surface area (Å²) in [6, 6.07) is 14.7. The second-order valence-electron chi connectivity index (χ2n) is 5.20. The van der Waals surface area contributed by atoms with Gasteiger partial charge in [0.2, 0.25) is 0 Å². The quantitative estimate of drug-likeness (QED) is 0.723. The molecule has 0 amide bonds. The first-order valence-electron chi connectivity index (χ1n) is 7.36. The van der Waals surface area contributed by atoms with E-state index >= 15 is 0 Å². The van der Waals surface area contributed by atoms with Crippen molar-refractivity contribution in [1.29, 1.82) is 0 Å². The van der Waals surface area contributed by atoms with Gasteiger partial charge in [-0.1, -0.05) is 53.2 Å². The van der Waals surface area contributed by atoms with Gasteiger partial charge in [0.05, 0.1) is 0 Å². The zero-order valence-electron chi connectivity index (χ0n) is 12.7. The maximum atomic E-state index is 5.93. The van der Waals surface area contributed by atoms with Crippen LogP contribution in [0.5, 0.6) is 5.75 Å². The lowest BCUT2D eigenvalue weighted by Gasteiger charge is -2.11. The maximum absolute atomic E-state index is 5.93. The van der Waals surface area contributed by atoms with Gasteiger partial charge in [-0.05, 0) is 48.7 Å².